The molecule has 2 saturated carbocycles. The standard InChI is InChI=1S/C23H35NO/c1-14-11-16(25-6)12-15-13-18-22(4)10-8-19(24)21(2,3)17(22)7-9-23(18,5)20(14)15/h11-12,17-19H,7-10,13,24H2,1-6H3. The summed E-state index contributed by atoms with van der Waals surface area (Å²) in [6, 6.07) is 4.89. The molecular formula is C23H35NO. The third kappa shape index (κ3) is 2.13. The van der Waals surface area contributed by atoms with Gasteiger partial charge in [0.25, 0.3) is 0 Å². The number of methoxy groups -OCH3 is 1. The van der Waals surface area contributed by atoms with Gasteiger partial charge in [0.15, 0.2) is 0 Å². The molecule has 0 heterocycles. The highest BCUT2D eigenvalue weighted by molar-refractivity contribution is 5.51. The molecule has 1 aromatic rings. The third-order valence-corrected chi connectivity index (χ3v) is 8.78. The summed E-state index contributed by atoms with van der Waals surface area (Å²) in [4.78, 5) is 0. The number of rotatable bonds is 1. The summed E-state index contributed by atoms with van der Waals surface area (Å²) >= 11 is 0. The van der Waals surface area contributed by atoms with Gasteiger partial charge < -0.3 is 10.5 Å². The van der Waals surface area contributed by atoms with Gasteiger partial charge >= 0.3 is 0 Å². The summed E-state index contributed by atoms with van der Waals surface area (Å²) < 4.78 is 5.57. The lowest BCUT2D eigenvalue weighted by atomic mass is 9.42. The second-order valence-corrected chi connectivity index (χ2v) is 10.2. The van der Waals surface area contributed by atoms with Gasteiger partial charge in [-0.1, -0.05) is 27.7 Å². The highest BCUT2D eigenvalue weighted by Gasteiger charge is 2.62. The first-order valence-electron chi connectivity index (χ1n) is 10.1. The highest BCUT2D eigenvalue weighted by Crippen LogP contribution is 2.67. The van der Waals surface area contributed by atoms with E-state index in [1.165, 1.54) is 37.7 Å². The second-order valence-electron chi connectivity index (χ2n) is 10.2. The number of ether oxygens (including phenoxy) is 1. The molecule has 0 bridgehead atoms. The van der Waals surface area contributed by atoms with E-state index in [0.29, 0.717) is 16.9 Å². The van der Waals surface area contributed by atoms with Gasteiger partial charge in [0.1, 0.15) is 5.75 Å². The maximum absolute atomic E-state index is 6.58. The predicted molar refractivity (Wildman–Crippen MR) is 104 cm³/mol. The molecule has 1 aromatic carbocycles. The van der Waals surface area contributed by atoms with Crippen LogP contribution in [0.25, 0.3) is 0 Å². The topological polar surface area (TPSA) is 35.2 Å². The van der Waals surface area contributed by atoms with Crippen molar-refractivity contribution in [2.75, 3.05) is 7.11 Å². The van der Waals surface area contributed by atoms with E-state index in [1.54, 1.807) is 18.2 Å². The molecular weight excluding hydrogens is 306 g/mol. The Labute approximate surface area is 153 Å². The third-order valence-electron chi connectivity index (χ3n) is 8.78. The Morgan fingerprint density at radius 2 is 1.76 bits per heavy atom. The maximum atomic E-state index is 6.58. The fourth-order valence-electron chi connectivity index (χ4n) is 7.48. The van der Waals surface area contributed by atoms with E-state index in [0.717, 1.165) is 17.6 Å². The van der Waals surface area contributed by atoms with Crippen LogP contribution >= 0.6 is 0 Å². The summed E-state index contributed by atoms with van der Waals surface area (Å²) in [5.74, 6) is 2.48. The van der Waals surface area contributed by atoms with Crippen LogP contribution in [0.1, 0.15) is 70.1 Å². The largest absolute Gasteiger partial charge is 0.497 e. The molecule has 5 atom stereocenters. The van der Waals surface area contributed by atoms with Gasteiger partial charge in [-0.3, -0.25) is 0 Å². The van der Waals surface area contributed by atoms with Crippen molar-refractivity contribution in [3.8, 4) is 5.75 Å². The van der Waals surface area contributed by atoms with E-state index in [9.17, 15) is 0 Å². The predicted octanol–water partition coefficient (Wildman–Crippen LogP) is 5.00. The lowest BCUT2D eigenvalue weighted by molar-refractivity contribution is -0.107. The van der Waals surface area contributed by atoms with E-state index in [2.05, 4.69) is 46.8 Å². The zero-order valence-corrected chi connectivity index (χ0v) is 16.9. The van der Waals surface area contributed by atoms with Crippen LogP contribution < -0.4 is 10.5 Å². The molecule has 0 radical (unpaired) electrons. The Balaban J connectivity index is 1.81. The molecule has 3 aliphatic carbocycles. The van der Waals surface area contributed by atoms with Crippen molar-refractivity contribution < 1.29 is 4.74 Å². The van der Waals surface area contributed by atoms with Gasteiger partial charge in [-0.2, -0.15) is 0 Å². The number of aryl methyl sites for hydroxylation is 1. The first kappa shape index (κ1) is 17.4. The lowest BCUT2D eigenvalue weighted by Crippen LogP contribution is -2.60. The van der Waals surface area contributed by atoms with Crippen molar-refractivity contribution in [1.29, 1.82) is 0 Å². The van der Waals surface area contributed by atoms with Crippen LogP contribution in [0.5, 0.6) is 5.75 Å². The molecule has 0 aromatic heterocycles. The van der Waals surface area contributed by atoms with Crippen LogP contribution in [0.15, 0.2) is 12.1 Å². The molecule has 3 aliphatic rings. The monoisotopic (exact) mass is 341 g/mol. The minimum Gasteiger partial charge on any atom is -0.497 e. The molecule has 2 nitrogen and oxygen atoms in total. The van der Waals surface area contributed by atoms with E-state index in [-0.39, 0.29) is 5.41 Å². The number of nitrogens with two attached hydrogens (primary N) is 1. The summed E-state index contributed by atoms with van der Waals surface area (Å²) in [7, 11) is 1.78. The fraction of sp³-hybridized carbons (Fsp3) is 0.739. The quantitative estimate of drug-likeness (QED) is 0.780. The van der Waals surface area contributed by atoms with Gasteiger partial charge in [0.2, 0.25) is 0 Å². The molecule has 0 aliphatic heterocycles. The van der Waals surface area contributed by atoms with Crippen LogP contribution in [-0.2, 0) is 11.8 Å². The van der Waals surface area contributed by atoms with Gasteiger partial charge in [-0.05, 0) is 95.9 Å². The van der Waals surface area contributed by atoms with Crippen molar-refractivity contribution in [2.24, 2.45) is 28.4 Å². The molecule has 2 fully saturated rings. The number of hydrogen-bond acceptors (Lipinski definition) is 2. The Hall–Kier alpha value is -1.02. The minimum absolute atomic E-state index is 0.246. The zero-order valence-electron chi connectivity index (χ0n) is 16.9. The molecule has 2 N–H and O–H groups in total. The Bertz CT molecular complexity index is 708. The van der Waals surface area contributed by atoms with Gasteiger partial charge in [0, 0.05) is 6.04 Å². The summed E-state index contributed by atoms with van der Waals surface area (Å²) in [6.45, 7) is 12.3. The van der Waals surface area contributed by atoms with Crippen LogP contribution in [0.4, 0.5) is 0 Å². The van der Waals surface area contributed by atoms with Crippen LogP contribution in [-0.4, -0.2) is 13.2 Å². The molecule has 138 valence electrons. The molecule has 2 heteroatoms. The SMILES string of the molecule is COc1cc(C)c2c(c1)CC1C2(C)CCC2C(C)(C)C(N)CCC12C. The van der Waals surface area contributed by atoms with Crippen molar-refractivity contribution in [2.45, 2.75) is 78.2 Å². The molecule has 25 heavy (non-hydrogen) atoms. The van der Waals surface area contributed by atoms with Crippen LogP contribution in [0.2, 0.25) is 0 Å². The zero-order chi connectivity index (χ0) is 18.2. The van der Waals surface area contributed by atoms with Gasteiger partial charge in [-0.15, -0.1) is 0 Å². The van der Waals surface area contributed by atoms with Crippen LogP contribution in [0.3, 0.4) is 0 Å². The van der Waals surface area contributed by atoms with Crippen molar-refractivity contribution >= 4 is 0 Å². The number of fused-ring (bicyclic) bond motifs is 5. The fourth-order valence-corrected chi connectivity index (χ4v) is 7.48. The number of benzene rings is 1. The normalized spacial score (nSPS) is 41.6. The Morgan fingerprint density at radius 1 is 1.04 bits per heavy atom. The first-order valence-corrected chi connectivity index (χ1v) is 10.1. The Morgan fingerprint density at radius 3 is 2.44 bits per heavy atom. The summed E-state index contributed by atoms with van der Waals surface area (Å²) in [6.07, 6.45) is 6.28. The minimum atomic E-state index is 0.246. The van der Waals surface area contributed by atoms with E-state index in [4.69, 9.17) is 10.5 Å². The van der Waals surface area contributed by atoms with Crippen LogP contribution in [0, 0.1) is 29.6 Å². The first-order chi connectivity index (χ1) is 11.6. The number of hydrogen-bond donors (Lipinski definition) is 1. The summed E-state index contributed by atoms with van der Waals surface area (Å²) in [5.41, 5.74) is 12.1. The molecule has 0 amide bonds. The van der Waals surface area contributed by atoms with Gasteiger partial charge in [0.05, 0.1) is 7.11 Å². The molecule has 4 rings (SSSR count). The van der Waals surface area contributed by atoms with Crippen molar-refractivity contribution in [1.82, 2.24) is 0 Å². The van der Waals surface area contributed by atoms with Crippen molar-refractivity contribution in [3.63, 3.8) is 0 Å². The van der Waals surface area contributed by atoms with E-state index >= 15 is 0 Å². The van der Waals surface area contributed by atoms with Gasteiger partial charge in [-0.25, -0.2) is 0 Å². The highest BCUT2D eigenvalue weighted by atomic mass is 16.5. The maximum Gasteiger partial charge on any atom is 0.119 e. The average molecular weight is 342 g/mol. The summed E-state index contributed by atoms with van der Waals surface area (Å²) in [5, 5.41) is 0. The lowest BCUT2D eigenvalue weighted by Gasteiger charge is -2.62. The Kier molecular flexibility index (Phi) is 3.65. The average Bonchev–Trinajstić information content (AvgIpc) is 2.86. The van der Waals surface area contributed by atoms with E-state index < -0.39 is 0 Å². The second kappa shape index (κ2) is 5.25. The molecule has 0 saturated heterocycles. The molecule has 5 unspecified atom stereocenters. The van der Waals surface area contributed by atoms with Crippen molar-refractivity contribution in [3.05, 3.63) is 28.8 Å². The molecule has 0 spiro atoms. The smallest absolute Gasteiger partial charge is 0.119 e. The van der Waals surface area contributed by atoms with E-state index in [1.807, 2.05) is 0 Å².